The van der Waals surface area contributed by atoms with E-state index in [1.165, 1.54) is 0 Å². The quantitative estimate of drug-likeness (QED) is 0.880. The van der Waals surface area contributed by atoms with Crippen LogP contribution in [0.1, 0.15) is 30.9 Å². The number of aromatic nitrogens is 1. The average molecular weight is 253 g/mol. The van der Waals surface area contributed by atoms with Gasteiger partial charge in [0.05, 0.1) is 12.2 Å². The van der Waals surface area contributed by atoms with Crippen LogP contribution < -0.4 is 5.32 Å². The molecule has 1 N–H and O–H groups in total. The van der Waals surface area contributed by atoms with Crippen molar-refractivity contribution in [3.63, 3.8) is 0 Å². The maximum atomic E-state index is 5.13. The second kappa shape index (κ2) is 5.12. The first kappa shape index (κ1) is 12.5. The highest BCUT2D eigenvalue weighted by molar-refractivity contribution is 8.13. The first-order valence-corrected chi connectivity index (χ1v) is 6.92. The molecule has 0 saturated carbocycles. The molecule has 4 nitrogen and oxygen atoms in total. The molecule has 2 heterocycles. The van der Waals surface area contributed by atoms with E-state index in [1.54, 1.807) is 11.8 Å². The normalized spacial score (nSPS) is 27.2. The number of hydrogen-bond acceptors (Lipinski definition) is 4. The molecule has 1 aromatic heterocycles. The van der Waals surface area contributed by atoms with Crippen LogP contribution in [0.4, 0.5) is 0 Å². The molecule has 1 fully saturated rings. The molecule has 2 rings (SSSR count). The first-order valence-electron chi connectivity index (χ1n) is 5.93. The minimum Gasteiger partial charge on any atom is -0.362 e. The highest BCUT2D eigenvalue weighted by Gasteiger charge is 2.20. The lowest BCUT2D eigenvalue weighted by Gasteiger charge is -2.28. The van der Waals surface area contributed by atoms with E-state index in [-0.39, 0.29) is 0 Å². The third-order valence-electron chi connectivity index (χ3n) is 3.25. The monoisotopic (exact) mass is 253 g/mol. The molecule has 1 aromatic rings. The van der Waals surface area contributed by atoms with E-state index in [2.05, 4.69) is 29.3 Å². The number of nitrogens with one attached hydrogen (secondary N) is 1. The van der Waals surface area contributed by atoms with E-state index in [0.29, 0.717) is 18.5 Å². The van der Waals surface area contributed by atoms with Gasteiger partial charge in [0.15, 0.2) is 5.17 Å². The van der Waals surface area contributed by atoms with Crippen LogP contribution in [0.15, 0.2) is 9.52 Å². The zero-order valence-corrected chi connectivity index (χ0v) is 11.6. The molecule has 0 aromatic carbocycles. The zero-order chi connectivity index (χ0) is 12.4. The summed E-state index contributed by atoms with van der Waals surface area (Å²) in [4.78, 5) is 4.60. The van der Waals surface area contributed by atoms with Gasteiger partial charge in [-0.05, 0) is 26.7 Å². The fraction of sp³-hybridized carbons (Fsp3) is 0.667. The van der Waals surface area contributed by atoms with Gasteiger partial charge >= 0.3 is 0 Å². The Bertz CT molecular complexity index is 408. The van der Waals surface area contributed by atoms with Crippen molar-refractivity contribution in [2.75, 3.05) is 5.75 Å². The lowest BCUT2D eigenvalue weighted by atomic mass is 10.1. The Morgan fingerprint density at radius 1 is 1.47 bits per heavy atom. The number of aliphatic imine (C=N–C) groups is 1. The van der Waals surface area contributed by atoms with Crippen LogP contribution in [0.5, 0.6) is 0 Å². The van der Waals surface area contributed by atoms with Gasteiger partial charge in [-0.15, -0.1) is 0 Å². The average Bonchev–Trinajstić information content (AvgIpc) is 2.61. The predicted molar refractivity (Wildman–Crippen MR) is 71.3 cm³/mol. The molecule has 2 unspecified atom stereocenters. The van der Waals surface area contributed by atoms with Crippen LogP contribution in [0.25, 0.3) is 0 Å². The Labute approximate surface area is 106 Å². The number of hydrogen-bond donors (Lipinski definition) is 1. The SMILES string of the molecule is Cc1noc(C)c1CN=C1NC(C)C(C)CS1. The smallest absolute Gasteiger partial charge is 0.157 e. The van der Waals surface area contributed by atoms with E-state index in [9.17, 15) is 0 Å². The molecule has 1 saturated heterocycles. The second-order valence-corrected chi connectivity index (χ2v) is 5.65. The molecule has 1 aliphatic heterocycles. The van der Waals surface area contributed by atoms with E-state index < -0.39 is 0 Å². The maximum Gasteiger partial charge on any atom is 0.157 e. The molecule has 5 heteroatoms. The third kappa shape index (κ3) is 2.83. The standard InChI is InChI=1S/C12H19N3OS/c1-7-6-17-12(14-8(7)2)13-5-11-9(3)15-16-10(11)4/h7-8H,5-6H2,1-4H3,(H,13,14). The summed E-state index contributed by atoms with van der Waals surface area (Å²) < 4.78 is 5.13. The van der Waals surface area contributed by atoms with E-state index in [0.717, 1.165) is 27.9 Å². The Morgan fingerprint density at radius 3 is 2.82 bits per heavy atom. The minimum atomic E-state index is 0.500. The fourth-order valence-electron chi connectivity index (χ4n) is 1.70. The number of rotatable bonds is 2. The lowest BCUT2D eigenvalue weighted by Crippen LogP contribution is -2.41. The van der Waals surface area contributed by atoms with Crippen LogP contribution in [0.3, 0.4) is 0 Å². The molecule has 17 heavy (non-hydrogen) atoms. The number of nitrogens with zero attached hydrogens (tertiary/aromatic N) is 2. The summed E-state index contributed by atoms with van der Waals surface area (Å²) in [6, 6.07) is 0.500. The van der Waals surface area contributed by atoms with Crippen LogP contribution in [0.2, 0.25) is 0 Å². The van der Waals surface area contributed by atoms with Crippen molar-refractivity contribution in [1.29, 1.82) is 0 Å². The van der Waals surface area contributed by atoms with Crippen molar-refractivity contribution >= 4 is 16.9 Å². The van der Waals surface area contributed by atoms with Crippen LogP contribution in [-0.2, 0) is 6.54 Å². The molecule has 0 aliphatic carbocycles. The van der Waals surface area contributed by atoms with Gasteiger partial charge in [0, 0.05) is 17.4 Å². The summed E-state index contributed by atoms with van der Waals surface area (Å²) in [5.74, 6) is 2.70. The van der Waals surface area contributed by atoms with Crippen LogP contribution >= 0.6 is 11.8 Å². The summed E-state index contributed by atoms with van der Waals surface area (Å²) >= 11 is 1.80. The third-order valence-corrected chi connectivity index (χ3v) is 4.46. The Kier molecular flexibility index (Phi) is 3.76. The molecular weight excluding hydrogens is 234 g/mol. The van der Waals surface area contributed by atoms with Gasteiger partial charge in [-0.3, -0.25) is 4.99 Å². The molecular formula is C12H19N3OS. The summed E-state index contributed by atoms with van der Waals surface area (Å²) in [5, 5.41) is 8.40. The first-order chi connectivity index (χ1) is 8.08. The number of thioether (sulfide) groups is 1. The molecule has 0 bridgehead atoms. The van der Waals surface area contributed by atoms with Gasteiger partial charge in [0.1, 0.15) is 5.76 Å². The van der Waals surface area contributed by atoms with Gasteiger partial charge in [-0.1, -0.05) is 23.8 Å². The Balaban J connectivity index is 2.02. The number of amidine groups is 1. The van der Waals surface area contributed by atoms with Crippen molar-refractivity contribution in [3.8, 4) is 0 Å². The molecule has 0 amide bonds. The minimum absolute atomic E-state index is 0.500. The van der Waals surface area contributed by atoms with E-state index in [4.69, 9.17) is 4.52 Å². The summed E-state index contributed by atoms with van der Waals surface area (Å²) in [5.41, 5.74) is 2.04. The molecule has 1 aliphatic rings. The zero-order valence-electron chi connectivity index (χ0n) is 10.8. The van der Waals surface area contributed by atoms with E-state index in [1.807, 2.05) is 13.8 Å². The van der Waals surface area contributed by atoms with Crippen molar-refractivity contribution in [2.24, 2.45) is 10.9 Å². The van der Waals surface area contributed by atoms with Crippen molar-refractivity contribution in [3.05, 3.63) is 17.0 Å². The second-order valence-electron chi connectivity index (χ2n) is 4.65. The van der Waals surface area contributed by atoms with Gasteiger partial charge < -0.3 is 9.84 Å². The van der Waals surface area contributed by atoms with Crippen molar-refractivity contribution in [2.45, 2.75) is 40.3 Å². The highest BCUT2D eigenvalue weighted by atomic mass is 32.2. The molecule has 2 atom stereocenters. The number of aryl methyl sites for hydroxylation is 2. The summed E-state index contributed by atoms with van der Waals surface area (Å²) in [6.07, 6.45) is 0. The van der Waals surface area contributed by atoms with Gasteiger partial charge in [-0.25, -0.2) is 0 Å². The largest absolute Gasteiger partial charge is 0.362 e. The van der Waals surface area contributed by atoms with Crippen LogP contribution in [0, 0.1) is 19.8 Å². The highest BCUT2D eigenvalue weighted by Crippen LogP contribution is 2.20. The summed E-state index contributed by atoms with van der Waals surface area (Å²) in [7, 11) is 0. The van der Waals surface area contributed by atoms with Crippen molar-refractivity contribution in [1.82, 2.24) is 10.5 Å². The van der Waals surface area contributed by atoms with Gasteiger partial charge in [-0.2, -0.15) is 0 Å². The Morgan fingerprint density at radius 2 is 2.24 bits per heavy atom. The Hall–Kier alpha value is -0.970. The van der Waals surface area contributed by atoms with Gasteiger partial charge in [0.2, 0.25) is 0 Å². The topological polar surface area (TPSA) is 50.4 Å². The summed E-state index contributed by atoms with van der Waals surface area (Å²) in [6.45, 7) is 9.00. The van der Waals surface area contributed by atoms with Gasteiger partial charge in [0.25, 0.3) is 0 Å². The fourth-order valence-corrected chi connectivity index (χ4v) is 2.84. The predicted octanol–water partition coefficient (Wildman–Crippen LogP) is 2.51. The van der Waals surface area contributed by atoms with E-state index >= 15 is 0 Å². The molecule has 0 radical (unpaired) electrons. The lowest BCUT2D eigenvalue weighted by molar-refractivity contribution is 0.392. The van der Waals surface area contributed by atoms with Crippen LogP contribution in [-0.4, -0.2) is 22.1 Å². The molecule has 94 valence electrons. The molecule has 0 spiro atoms. The maximum absolute atomic E-state index is 5.13. The van der Waals surface area contributed by atoms with Crippen molar-refractivity contribution < 1.29 is 4.52 Å².